The van der Waals surface area contributed by atoms with E-state index in [0.717, 1.165) is 0 Å². The van der Waals surface area contributed by atoms with Gasteiger partial charge in [-0.3, -0.25) is 4.57 Å². The molecule has 11 heteroatoms. The van der Waals surface area contributed by atoms with Crippen molar-refractivity contribution in [2.75, 3.05) is 93.8 Å². The van der Waals surface area contributed by atoms with Crippen molar-refractivity contribution in [1.29, 1.82) is 0 Å². The summed E-state index contributed by atoms with van der Waals surface area (Å²) in [5.74, 6) is 0. The number of nitrogens with zero attached hydrogens (tertiary/aromatic N) is 1. The van der Waals surface area contributed by atoms with E-state index in [4.69, 9.17) is 23.3 Å². The summed E-state index contributed by atoms with van der Waals surface area (Å²) >= 11 is 0. The first-order valence-electron chi connectivity index (χ1n) is 8.88. The van der Waals surface area contributed by atoms with Gasteiger partial charge in [-0.05, 0) is 6.92 Å². The largest absolute Gasteiger partial charge is 0.756 e. The van der Waals surface area contributed by atoms with Crippen molar-refractivity contribution < 1.29 is 47.4 Å². The summed E-state index contributed by atoms with van der Waals surface area (Å²) in [6, 6.07) is 0. The Labute approximate surface area is 162 Å². The molecular weight excluding hydrogens is 381 g/mol. The fourth-order valence-electron chi connectivity index (χ4n) is 2.37. The number of phosphoric ester groups is 1. The molecular formula is C16H36NO9P. The van der Waals surface area contributed by atoms with Gasteiger partial charge in [-0.1, -0.05) is 0 Å². The summed E-state index contributed by atoms with van der Waals surface area (Å²) in [6.45, 7) is 3.90. The Balaban J connectivity index is 3.91. The van der Waals surface area contributed by atoms with Crippen LogP contribution < -0.4 is 4.89 Å². The molecule has 0 saturated carbocycles. The fourth-order valence-corrected chi connectivity index (χ4v) is 3.05. The lowest BCUT2D eigenvalue weighted by Gasteiger charge is -2.37. The molecule has 0 aromatic heterocycles. The maximum absolute atomic E-state index is 11.7. The Kier molecular flexibility index (Phi) is 13.9. The molecule has 0 aliphatic carbocycles. The van der Waals surface area contributed by atoms with Crippen LogP contribution in [-0.4, -0.2) is 108 Å². The number of hydrogen-bond donors (Lipinski definition) is 2. The zero-order valence-corrected chi connectivity index (χ0v) is 17.8. The highest BCUT2D eigenvalue weighted by molar-refractivity contribution is 7.45. The highest BCUT2D eigenvalue weighted by Gasteiger charge is 2.32. The molecule has 0 aliphatic heterocycles. The van der Waals surface area contributed by atoms with Gasteiger partial charge in [-0.2, -0.15) is 0 Å². The molecule has 1 atom stereocenters. The summed E-state index contributed by atoms with van der Waals surface area (Å²) in [7, 11) is 0.919. The second-order valence-electron chi connectivity index (χ2n) is 7.28. The number of aliphatic hydroxyl groups excluding tert-OH is 2. The molecule has 164 valence electrons. The van der Waals surface area contributed by atoms with Gasteiger partial charge < -0.3 is 42.8 Å². The minimum Gasteiger partial charge on any atom is -0.756 e. The first-order chi connectivity index (χ1) is 12.6. The molecule has 0 amide bonds. The molecule has 0 bridgehead atoms. The Hall–Kier alpha value is -0.130. The number of ether oxygens (including phenoxy) is 3. The molecule has 0 fully saturated rings. The number of aliphatic hydroxyl groups is 2. The Morgan fingerprint density at radius 2 is 1.41 bits per heavy atom. The van der Waals surface area contributed by atoms with E-state index in [-0.39, 0.29) is 33.0 Å². The molecule has 0 spiro atoms. The quantitative estimate of drug-likeness (QED) is 0.168. The van der Waals surface area contributed by atoms with E-state index in [1.165, 1.54) is 0 Å². The van der Waals surface area contributed by atoms with Crippen LogP contribution in [0.2, 0.25) is 0 Å². The molecule has 0 rings (SSSR count). The van der Waals surface area contributed by atoms with Crippen LogP contribution in [0.1, 0.15) is 6.92 Å². The number of rotatable bonds is 18. The van der Waals surface area contributed by atoms with Gasteiger partial charge in [0.05, 0.1) is 78.9 Å². The predicted molar refractivity (Wildman–Crippen MR) is 97.1 cm³/mol. The molecule has 0 heterocycles. The van der Waals surface area contributed by atoms with Crippen molar-refractivity contribution in [3.8, 4) is 0 Å². The lowest BCUT2D eigenvalue weighted by molar-refractivity contribution is -0.897. The Bertz CT molecular complexity index is 419. The Morgan fingerprint density at radius 3 is 1.93 bits per heavy atom. The summed E-state index contributed by atoms with van der Waals surface area (Å²) in [5, 5.41) is 18.7. The molecule has 10 nitrogen and oxygen atoms in total. The molecule has 0 aromatic rings. The summed E-state index contributed by atoms with van der Waals surface area (Å²) in [5.41, 5.74) is -0.647. The van der Waals surface area contributed by atoms with Crippen molar-refractivity contribution in [1.82, 2.24) is 0 Å². The maximum Gasteiger partial charge on any atom is 0.268 e. The van der Waals surface area contributed by atoms with Crippen molar-refractivity contribution in [2.45, 2.75) is 6.92 Å². The van der Waals surface area contributed by atoms with Gasteiger partial charge in [0.2, 0.25) is 0 Å². The first kappa shape index (κ1) is 26.9. The molecule has 0 aliphatic rings. The van der Waals surface area contributed by atoms with Crippen molar-refractivity contribution >= 4 is 7.82 Å². The van der Waals surface area contributed by atoms with Crippen LogP contribution >= 0.6 is 7.82 Å². The molecule has 0 radical (unpaired) electrons. The number of phosphoric acid groups is 1. The van der Waals surface area contributed by atoms with E-state index in [1.54, 1.807) is 14.0 Å². The van der Waals surface area contributed by atoms with E-state index >= 15 is 0 Å². The van der Waals surface area contributed by atoms with Gasteiger partial charge in [-0.25, -0.2) is 0 Å². The van der Waals surface area contributed by atoms with Gasteiger partial charge in [-0.15, -0.1) is 0 Å². The maximum atomic E-state index is 11.7. The van der Waals surface area contributed by atoms with Crippen LogP contribution in [0, 0.1) is 5.41 Å². The third-order valence-electron chi connectivity index (χ3n) is 3.80. The predicted octanol–water partition coefficient (Wildman–Crippen LogP) is -0.765. The van der Waals surface area contributed by atoms with E-state index in [2.05, 4.69) is 0 Å². The second-order valence-corrected chi connectivity index (χ2v) is 8.69. The molecule has 2 N–H and O–H groups in total. The SMILES string of the molecule is COCCOCCOCCOP(=O)([O-])OCC[N+](C)(C)CC(C)(CO)CO. The van der Waals surface area contributed by atoms with Gasteiger partial charge in [0.15, 0.2) is 0 Å². The number of quaternary nitrogens is 1. The lowest BCUT2D eigenvalue weighted by atomic mass is 9.91. The standard InChI is InChI=1S/C16H36NO9P/c1-16(14-18,15-19)13-17(2,3)5-6-25-27(20,21)26-12-11-24-10-9-23-8-7-22-4/h18-19H,5-15H2,1-4H3. The van der Waals surface area contributed by atoms with Crippen molar-refractivity contribution in [3.63, 3.8) is 0 Å². The topological polar surface area (TPSA) is 127 Å². The van der Waals surface area contributed by atoms with Crippen LogP contribution in [0.15, 0.2) is 0 Å². The number of likely N-dealkylation sites (N-methyl/N-ethyl adjacent to an activating group) is 1. The summed E-state index contributed by atoms with van der Waals surface area (Å²) < 4.78 is 36.9. The molecule has 0 saturated heterocycles. The minimum absolute atomic E-state index is 0.0606. The summed E-state index contributed by atoms with van der Waals surface area (Å²) in [6.07, 6.45) is 0. The van der Waals surface area contributed by atoms with Crippen LogP contribution in [-0.2, 0) is 27.8 Å². The van der Waals surface area contributed by atoms with Gasteiger partial charge in [0.1, 0.15) is 13.2 Å². The molecule has 0 aromatic carbocycles. The Morgan fingerprint density at radius 1 is 0.926 bits per heavy atom. The fraction of sp³-hybridized carbons (Fsp3) is 1.00. The smallest absolute Gasteiger partial charge is 0.268 e. The minimum atomic E-state index is -4.40. The zero-order chi connectivity index (χ0) is 20.8. The lowest BCUT2D eigenvalue weighted by Crippen LogP contribution is -2.51. The zero-order valence-electron chi connectivity index (χ0n) is 16.9. The third kappa shape index (κ3) is 14.5. The van der Waals surface area contributed by atoms with E-state index < -0.39 is 13.2 Å². The van der Waals surface area contributed by atoms with Gasteiger partial charge in [0.25, 0.3) is 7.82 Å². The highest BCUT2D eigenvalue weighted by atomic mass is 31.2. The number of methoxy groups -OCH3 is 1. The van der Waals surface area contributed by atoms with Crippen LogP contribution in [0.3, 0.4) is 0 Å². The van der Waals surface area contributed by atoms with Gasteiger partial charge >= 0.3 is 0 Å². The monoisotopic (exact) mass is 417 g/mol. The van der Waals surface area contributed by atoms with Crippen LogP contribution in [0.4, 0.5) is 0 Å². The van der Waals surface area contributed by atoms with E-state index in [1.807, 2.05) is 14.1 Å². The normalized spacial score (nSPS) is 15.1. The van der Waals surface area contributed by atoms with Gasteiger partial charge in [0, 0.05) is 7.11 Å². The van der Waals surface area contributed by atoms with E-state index in [9.17, 15) is 19.7 Å². The third-order valence-corrected chi connectivity index (χ3v) is 4.80. The average molecular weight is 417 g/mol. The van der Waals surface area contributed by atoms with Crippen molar-refractivity contribution in [3.05, 3.63) is 0 Å². The second kappa shape index (κ2) is 13.9. The molecule has 1 unspecified atom stereocenters. The van der Waals surface area contributed by atoms with Crippen molar-refractivity contribution in [2.24, 2.45) is 5.41 Å². The van der Waals surface area contributed by atoms with Crippen LogP contribution in [0.25, 0.3) is 0 Å². The van der Waals surface area contributed by atoms with Crippen LogP contribution in [0.5, 0.6) is 0 Å². The summed E-state index contributed by atoms with van der Waals surface area (Å²) in [4.78, 5) is 11.7. The first-order valence-corrected chi connectivity index (χ1v) is 10.3. The average Bonchev–Trinajstić information content (AvgIpc) is 2.59. The highest BCUT2D eigenvalue weighted by Crippen LogP contribution is 2.37. The molecule has 27 heavy (non-hydrogen) atoms. The number of hydrogen-bond acceptors (Lipinski definition) is 9. The van der Waals surface area contributed by atoms with E-state index in [0.29, 0.717) is 44.0 Å².